The van der Waals surface area contributed by atoms with Gasteiger partial charge in [-0.05, 0) is 44.6 Å². The fraction of sp³-hybridized carbons (Fsp3) is 1.00. The maximum Gasteiger partial charge on any atom is 0.0923 e. The minimum Gasteiger partial charge on any atom is -0.387 e. The standard InChI is InChI=1S/C14H28N2O/c1-16(9-12-5-3-2-4-6-12)11-14(17,10-15)13-7-8-13/h12-13,17H,2-11,15H2,1H3. The number of nitrogens with zero attached hydrogens (tertiary/aromatic N) is 1. The summed E-state index contributed by atoms with van der Waals surface area (Å²) in [6.07, 6.45) is 9.25. The van der Waals surface area contributed by atoms with Crippen LogP contribution in [-0.2, 0) is 0 Å². The highest BCUT2D eigenvalue weighted by Crippen LogP contribution is 2.39. The number of nitrogens with two attached hydrogens (primary N) is 1. The summed E-state index contributed by atoms with van der Waals surface area (Å²) >= 11 is 0. The molecule has 2 saturated carbocycles. The number of rotatable bonds is 6. The van der Waals surface area contributed by atoms with Gasteiger partial charge in [0.15, 0.2) is 0 Å². The van der Waals surface area contributed by atoms with E-state index in [0.29, 0.717) is 12.5 Å². The zero-order chi connectivity index (χ0) is 12.3. The predicted molar refractivity (Wildman–Crippen MR) is 70.8 cm³/mol. The van der Waals surface area contributed by atoms with Crippen LogP contribution in [-0.4, -0.2) is 42.3 Å². The summed E-state index contributed by atoms with van der Waals surface area (Å²) in [5.41, 5.74) is 5.13. The Kier molecular flexibility index (Phi) is 4.45. The van der Waals surface area contributed by atoms with Crippen LogP contribution >= 0.6 is 0 Å². The van der Waals surface area contributed by atoms with Crippen LogP contribution in [0.25, 0.3) is 0 Å². The summed E-state index contributed by atoms with van der Waals surface area (Å²) in [6.45, 7) is 2.30. The molecule has 2 aliphatic carbocycles. The molecule has 2 aliphatic rings. The quantitative estimate of drug-likeness (QED) is 0.741. The molecule has 1 atom stereocenters. The van der Waals surface area contributed by atoms with Crippen LogP contribution in [0.3, 0.4) is 0 Å². The zero-order valence-corrected chi connectivity index (χ0v) is 11.2. The van der Waals surface area contributed by atoms with Crippen molar-refractivity contribution in [1.29, 1.82) is 0 Å². The van der Waals surface area contributed by atoms with E-state index in [9.17, 15) is 5.11 Å². The first-order valence-electron chi connectivity index (χ1n) is 7.25. The van der Waals surface area contributed by atoms with Crippen molar-refractivity contribution in [3.63, 3.8) is 0 Å². The number of aliphatic hydroxyl groups is 1. The van der Waals surface area contributed by atoms with Crippen LogP contribution in [0.15, 0.2) is 0 Å². The van der Waals surface area contributed by atoms with Gasteiger partial charge in [-0.15, -0.1) is 0 Å². The minimum absolute atomic E-state index is 0.409. The summed E-state index contributed by atoms with van der Waals surface area (Å²) in [6, 6.07) is 0. The Morgan fingerprint density at radius 3 is 2.35 bits per heavy atom. The van der Waals surface area contributed by atoms with E-state index in [-0.39, 0.29) is 0 Å². The van der Waals surface area contributed by atoms with E-state index in [4.69, 9.17) is 5.73 Å². The summed E-state index contributed by atoms with van der Waals surface area (Å²) in [4.78, 5) is 2.31. The van der Waals surface area contributed by atoms with E-state index in [1.54, 1.807) is 0 Å². The average molecular weight is 240 g/mol. The van der Waals surface area contributed by atoms with Crippen molar-refractivity contribution in [1.82, 2.24) is 4.90 Å². The van der Waals surface area contributed by atoms with Gasteiger partial charge in [0, 0.05) is 19.6 Å². The predicted octanol–water partition coefficient (Wildman–Crippen LogP) is 1.60. The minimum atomic E-state index is -0.622. The Hall–Kier alpha value is -0.120. The molecule has 0 spiro atoms. The molecule has 2 fully saturated rings. The lowest BCUT2D eigenvalue weighted by Crippen LogP contribution is -2.50. The van der Waals surface area contributed by atoms with E-state index in [2.05, 4.69) is 11.9 Å². The average Bonchev–Trinajstić information content (AvgIpc) is 3.14. The first-order chi connectivity index (χ1) is 8.14. The van der Waals surface area contributed by atoms with E-state index in [0.717, 1.165) is 31.8 Å². The molecular weight excluding hydrogens is 212 g/mol. The molecule has 0 bridgehead atoms. The fourth-order valence-corrected chi connectivity index (χ4v) is 3.32. The Morgan fingerprint density at radius 2 is 1.82 bits per heavy atom. The van der Waals surface area contributed by atoms with Crippen molar-refractivity contribution in [3.05, 3.63) is 0 Å². The van der Waals surface area contributed by atoms with Crippen LogP contribution < -0.4 is 5.73 Å². The molecule has 0 aromatic rings. The van der Waals surface area contributed by atoms with Gasteiger partial charge >= 0.3 is 0 Å². The maximum absolute atomic E-state index is 10.5. The van der Waals surface area contributed by atoms with Crippen molar-refractivity contribution >= 4 is 0 Å². The van der Waals surface area contributed by atoms with Gasteiger partial charge in [0.1, 0.15) is 0 Å². The monoisotopic (exact) mass is 240 g/mol. The van der Waals surface area contributed by atoms with Gasteiger partial charge in [0.05, 0.1) is 5.60 Å². The van der Waals surface area contributed by atoms with Gasteiger partial charge in [-0.1, -0.05) is 19.3 Å². The molecule has 0 radical (unpaired) electrons. The maximum atomic E-state index is 10.5. The van der Waals surface area contributed by atoms with Gasteiger partial charge in [-0.25, -0.2) is 0 Å². The molecule has 3 heteroatoms. The molecule has 0 heterocycles. The van der Waals surface area contributed by atoms with Crippen LogP contribution in [0.4, 0.5) is 0 Å². The van der Waals surface area contributed by atoms with Crippen molar-refractivity contribution < 1.29 is 5.11 Å². The second-order valence-corrected chi connectivity index (χ2v) is 6.28. The summed E-state index contributed by atoms with van der Waals surface area (Å²) in [5, 5.41) is 10.5. The summed E-state index contributed by atoms with van der Waals surface area (Å²) in [5.74, 6) is 1.30. The third-order valence-corrected chi connectivity index (χ3v) is 4.53. The largest absolute Gasteiger partial charge is 0.387 e. The van der Waals surface area contributed by atoms with E-state index in [1.807, 2.05) is 0 Å². The van der Waals surface area contributed by atoms with E-state index in [1.165, 1.54) is 32.1 Å². The smallest absolute Gasteiger partial charge is 0.0923 e. The molecule has 0 amide bonds. The van der Waals surface area contributed by atoms with Crippen LogP contribution in [0.2, 0.25) is 0 Å². The van der Waals surface area contributed by atoms with Crippen molar-refractivity contribution in [2.75, 3.05) is 26.7 Å². The third-order valence-electron chi connectivity index (χ3n) is 4.53. The highest BCUT2D eigenvalue weighted by atomic mass is 16.3. The Labute approximate surface area is 105 Å². The number of hydrogen-bond acceptors (Lipinski definition) is 3. The summed E-state index contributed by atoms with van der Waals surface area (Å²) < 4.78 is 0. The zero-order valence-electron chi connectivity index (χ0n) is 11.2. The molecule has 1 unspecified atom stereocenters. The molecule has 17 heavy (non-hydrogen) atoms. The van der Waals surface area contributed by atoms with E-state index >= 15 is 0 Å². The number of hydrogen-bond donors (Lipinski definition) is 2. The van der Waals surface area contributed by atoms with Crippen LogP contribution in [0, 0.1) is 11.8 Å². The lowest BCUT2D eigenvalue weighted by Gasteiger charge is -2.34. The SMILES string of the molecule is CN(CC1CCCCC1)CC(O)(CN)C1CC1. The molecule has 2 rings (SSSR count). The van der Waals surface area contributed by atoms with Gasteiger partial charge in [-0.2, -0.15) is 0 Å². The molecule has 0 aliphatic heterocycles. The molecule has 0 aromatic carbocycles. The third kappa shape index (κ3) is 3.67. The second kappa shape index (κ2) is 5.68. The molecular formula is C14H28N2O. The van der Waals surface area contributed by atoms with Crippen LogP contribution in [0.1, 0.15) is 44.9 Å². The Balaban J connectivity index is 1.76. The normalized spacial score (nSPS) is 26.1. The molecule has 3 nitrogen and oxygen atoms in total. The summed E-state index contributed by atoms with van der Waals surface area (Å²) in [7, 11) is 2.14. The fourth-order valence-electron chi connectivity index (χ4n) is 3.32. The highest BCUT2D eigenvalue weighted by Gasteiger charge is 2.43. The highest BCUT2D eigenvalue weighted by molar-refractivity contribution is 4.97. The van der Waals surface area contributed by atoms with Crippen molar-refractivity contribution in [2.24, 2.45) is 17.6 Å². The topological polar surface area (TPSA) is 49.5 Å². The molecule has 0 saturated heterocycles. The van der Waals surface area contributed by atoms with Crippen LogP contribution in [0.5, 0.6) is 0 Å². The van der Waals surface area contributed by atoms with Gasteiger partial charge in [0.25, 0.3) is 0 Å². The van der Waals surface area contributed by atoms with Crippen molar-refractivity contribution in [3.8, 4) is 0 Å². The number of likely N-dealkylation sites (N-methyl/N-ethyl adjacent to an activating group) is 1. The lowest BCUT2D eigenvalue weighted by molar-refractivity contribution is -0.00612. The van der Waals surface area contributed by atoms with Crippen molar-refractivity contribution in [2.45, 2.75) is 50.5 Å². The van der Waals surface area contributed by atoms with Gasteiger partial charge < -0.3 is 15.7 Å². The molecule has 3 N–H and O–H groups in total. The second-order valence-electron chi connectivity index (χ2n) is 6.28. The Morgan fingerprint density at radius 1 is 1.18 bits per heavy atom. The van der Waals surface area contributed by atoms with Gasteiger partial charge in [0.2, 0.25) is 0 Å². The lowest BCUT2D eigenvalue weighted by atomic mass is 9.88. The Bertz CT molecular complexity index is 236. The first kappa shape index (κ1) is 13.3. The van der Waals surface area contributed by atoms with Gasteiger partial charge in [-0.3, -0.25) is 0 Å². The van der Waals surface area contributed by atoms with E-state index < -0.39 is 5.60 Å². The first-order valence-corrected chi connectivity index (χ1v) is 7.25. The molecule has 0 aromatic heterocycles. The molecule has 100 valence electrons.